The van der Waals surface area contributed by atoms with Gasteiger partial charge >= 0.3 is 0 Å². The third kappa shape index (κ3) is 2.70. The molecule has 0 bridgehead atoms. The van der Waals surface area contributed by atoms with Crippen LogP contribution in [0.25, 0.3) is 0 Å². The number of piperidine rings is 1. The van der Waals surface area contributed by atoms with Gasteiger partial charge in [-0.15, -0.1) is 12.4 Å². The van der Waals surface area contributed by atoms with Gasteiger partial charge in [0.1, 0.15) is 0 Å². The van der Waals surface area contributed by atoms with Crippen molar-refractivity contribution >= 4 is 24.0 Å². The molecule has 82 valence electrons. The molecule has 2 N–H and O–H groups in total. The van der Waals surface area contributed by atoms with Crippen LogP contribution in [0.1, 0.15) is 12.8 Å². The lowest BCUT2D eigenvalue weighted by Crippen LogP contribution is -2.46. The Morgan fingerprint density at radius 2 is 1.93 bits per heavy atom. The number of carbonyl (C=O) groups is 1. The highest BCUT2D eigenvalue weighted by atomic mass is 35.5. The monoisotopic (exact) mass is 226 g/mol. The van der Waals surface area contributed by atoms with Crippen LogP contribution in [0.2, 0.25) is 0 Å². The van der Waals surface area contributed by atoms with Crippen LogP contribution in [0.5, 0.6) is 0 Å². The highest BCUT2D eigenvalue weighted by Crippen LogP contribution is 2.19. The molecular weight excluding hydrogens is 212 g/mol. The second-order valence-electron chi connectivity index (χ2n) is 3.64. The van der Waals surface area contributed by atoms with E-state index in [1.165, 1.54) is 0 Å². The van der Waals surface area contributed by atoms with Crippen molar-refractivity contribution in [2.45, 2.75) is 18.9 Å². The summed E-state index contributed by atoms with van der Waals surface area (Å²) in [6.45, 7) is 0.642. The molecule has 1 heterocycles. The van der Waals surface area contributed by atoms with E-state index in [1.54, 1.807) is 4.90 Å². The molecule has 0 aliphatic carbocycles. The van der Waals surface area contributed by atoms with E-state index < -0.39 is 0 Å². The number of hydrogen-bond donors (Lipinski definition) is 1. The fraction of sp³-hybridized carbons (Fsp3) is 0.364. The standard InChI is InChI=1S/C11H14N2O.ClH/c12-9-6-7-11(14)13(8-9)10-4-2-1-3-5-10;/h1-5,9H,6-8,12H2;1H. The molecule has 1 aromatic carbocycles. The number of nitrogens with two attached hydrogens (primary N) is 1. The molecule has 1 aromatic rings. The molecule has 0 spiro atoms. The summed E-state index contributed by atoms with van der Waals surface area (Å²) in [5.74, 6) is 0.179. The number of halogens is 1. The molecule has 15 heavy (non-hydrogen) atoms. The van der Waals surface area contributed by atoms with Gasteiger partial charge in [0.05, 0.1) is 0 Å². The molecule has 1 aliphatic rings. The predicted molar refractivity (Wildman–Crippen MR) is 63.3 cm³/mol. The average molecular weight is 227 g/mol. The van der Waals surface area contributed by atoms with Crippen molar-refractivity contribution in [3.8, 4) is 0 Å². The van der Waals surface area contributed by atoms with Crippen LogP contribution < -0.4 is 10.6 Å². The third-order valence-electron chi connectivity index (χ3n) is 2.51. The maximum atomic E-state index is 11.6. The topological polar surface area (TPSA) is 46.3 Å². The van der Waals surface area contributed by atoms with Crippen molar-refractivity contribution < 1.29 is 4.79 Å². The highest BCUT2D eigenvalue weighted by molar-refractivity contribution is 5.94. The van der Waals surface area contributed by atoms with Crippen molar-refractivity contribution in [3.05, 3.63) is 30.3 Å². The second kappa shape index (κ2) is 5.14. The molecule has 0 aromatic heterocycles. The Hall–Kier alpha value is -1.06. The summed E-state index contributed by atoms with van der Waals surface area (Å²) in [6, 6.07) is 9.81. The van der Waals surface area contributed by atoms with Gasteiger partial charge in [0.2, 0.25) is 5.91 Å². The minimum Gasteiger partial charge on any atom is -0.326 e. The normalized spacial score (nSPS) is 21.0. The summed E-state index contributed by atoms with van der Waals surface area (Å²) >= 11 is 0. The molecule has 1 saturated heterocycles. The zero-order valence-corrected chi connectivity index (χ0v) is 9.24. The summed E-state index contributed by atoms with van der Waals surface area (Å²) in [5, 5.41) is 0. The summed E-state index contributed by atoms with van der Waals surface area (Å²) < 4.78 is 0. The summed E-state index contributed by atoms with van der Waals surface area (Å²) in [4.78, 5) is 13.4. The van der Waals surface area contributed by atoms with E-state index in [0.717, 1.165) is 12.1 Å². The average Bonchev–Trinajstić information content (AvgIpc) is 2.23. The van der Waals surface area contributed by atoms with Crippen molar-refractivity contribution in [3.63, 3.8) is 0 Å². The van der Waals surface area contributed by atoms with Crippen molar-refractivity contribution in [2.24, 2.45) is 5.73 Å². The zero-order valence-electron chi connectivity index (χ0n) is 8.43. The fourth-order valence-electron chi connectivity index (χ4n) is 1.73. The van der Waals surface area contributed by atoms with E-state index in [2.05, 4.69) is 0 Å². The lowest BCUT2D eigenvalue weighted by atomic mass is 10.1. The van der Waals surface area contributed by atoms with E-state index in [-0.39, 0.29) is 24.4 Å². The molecular formula is C11H15ClN2O. The molecule has 1 fully saturated rings. The second-order valence-corrected chi connectivity index (χ2v) is 3.64. The van der Waals surface area contributed by atoms with Crippen LogP contribution in [-0.2, 0) is 4.79 Å². The Bertz CT molecular complexity index is 329. The molecule has 1 aliphatic heterocycles. The molecule has 1 atom stereocenters. The third-order valence-corrected chi connectivity index (χ3v) is 2.51. The lowest BCUT2D eigenvalue weighted by molar-refractivity contribution is -0.119. The Morgan fingerprint density at radius 3 is 2.60 bits per heavy atom. The molecule has 1 unspecified atom stereocenters. The quantitative estimate of drug-likeness (QED) is 0.790. The number of nitrogens with zero attached hydrogens (tertiary/aromatic N) is 1. The van der Waals surface area contributed by atoms with Crippen molar-refractivity contribution in [1.29, 1.82) is 0 Å². The lowest BCUT2D eigenvalue weighted by Gasteiger charge is -2.30. The molecule has 2 rings (SSSR count). The van der Waals surface area contributed by atoms with Crippen molar-refractivity contribution in [1.82, 2.24) is 0 Å². The molecule has 3 nitrogen and oxygen atoms in total. The maximum absolute atomic E-state index is 11.6. The van der Waals surface area contributed by atoms with E-state index in [1.807, 2.05) is 30.3 Å². The van der Waals surface area contributed by atoms with Crippen LogP contribution >= 0.6 is 12.4 Å². The van der Waals surface area contributed by atoms with Crippen molar-refractivity contribution in [2.75, 3.05) is 11.4 Å². The van der Waals surface area contributed by atoms with Gasteiger partial charge in [0.15, 0.2) is 0 Å². The number of para-hydroxylation sites is 1. The van der Waals surface area contributed by atoms with Gasteiger partial charge in [-0.3, -0.25) is 4.79 Å². The van der Waals surface area contributed by atoms with Crippen LogP contribution in [-0.4, -0.2) is 18.5 Å². The number of carbonyl (C=O) groups excluding carboxylic acids is 1. The first-order valence-corrected chi connectivity index (χ1v) is 4.88. The zero-order chi connectivity index (χ0) is 9.97. The van der Waals surface area contributed by atoms with Gasteiger partial charge in [-0.05, 0) is 18.6 Å². The first kappa shape index (κ1) is 12.0. The minimum atomic E-state index is 0. The maximum Gasteiger partial charge on any atom is 0.227 e. The van der Waals surface area contributed by atoms with E-state index in [9.17, 15) is 4.79 Å². The van der Waals surface area contributed by atoms with Crippen LogP contribution in [0.4, 0.5) is 5.69 Å². The molecule has 4 heteroatoms. The number of anilines is 1. The van der Waals surface area contributed by atoms with E-state index in [0.29, 0.717) is 13.0 Å². The van der Waals surface area contributed by atoms with Crippen LogP contribution in [0, 0.1) is 0 Å². The van der Waals surface area contributed by atoms with E-state index in [4.69, 9.17) is 5.73 Å². The first-order valence-electron chi connectivity index (χ1n) is 4.88. The Labute approximate surface area is 95.7 Å². The summed E-state index contributed by atoms with van der Waals surface area (Å²) in [7, 11) is 0. The minimum absolute atomic E-state index is 0. The number of hydrogen-bond acceptors (Lipinski definition) is 2. The predicted octanol–water partition coefficient (Wildman–Crippen LogP) is 1.56. The van der Waals surface area contributed by atoms with Gasteiger partial charge in [0.25, 0.3) is 0 Å². The molecule has 1 amide bonds. The fourth-order valence-corrected chi connectivity index (χ4v) is 1.73. The van der Waals surface area contributed by atoms with Gasteiger partial charge in [-0.25, -0.2) is 0 Å². The van der Waals surface area contributed by atoms with Gasteiger partial charge in [0, 0.05) is 24.7 Å². The number of benzene rings is 1. The number of rotatable bonds is 1. The Morgan fingerprint density at radius 1 is 1.27 bits per heavy atom. The Balaban J connectivity index is 0.00000112. The molecule has 0 saturated carbocycles. The smallest absolute Gasteiger partial charge is 0.227 e. The van der Waals surface area contributed by atoms with E-state index >= 15 is 0 Å². The highest BCUT2D eigenvalue weighted by Gasteiger charge is 2.23. The summed E-state index contributed by atoms with van der Waals surface area (Å²) in [6.07, 6.45) is 1.37. The molecule has 0 radical (unpaired) electrons. The largest absolute Gasteiger partial charge is 0.326 e. The first-order chi connectivity index (χ1) is 6.77. The van der Waals surface area contributed by atoms with Gasteiger partial charge in [-0.1, -0.05) is 18.2 Å². The van der Waals surface area contributed by atoms with Crippen LogP contribution in [0.15, 0.2) is 30.3 Å². The van der Waals surface area contributed by atoms with Gasteiger partial charge < -0.3 is 10.6 Å². The van der Waals surface area contributed by atoms with Gasteiger partial charge in [-0.2, -0.15) is 0 Å². The SMILES string of the molecule is Cl.NC1CCC(=O)N(c2ccccc2)C1. The van der Waals surface area contributed by atoms with Crippen LogP contribution in [0.3, 0.4) is 0 Å². The summed E-state index contributed by atoms with van der Waals surface area (Å²) in [5.41, 5.74) is 6.78. The Kier molecular flexibility index (Phi) is 4.12. The number of amides is 1.